The molecule has 1 N–H and O–H groups in total. The summed E-state index contributed by atoms with van der Waals surface area (Å²) in [5.74, 6) is -0.0217. The van der Waals surface area contributed by atoms with Gasteiger partial charge in [-0.2, -0.15) is 13.2 Å². The fraction of sp³-hybridized carbons (Fsp3) is 0.600. The van der Waals surface area contributed by atoms with Crippen LogP contribution >= 0.6 is 11.8 Å². The molecule has 0 unspecified atom stereocenters. The lowest BCUT2D eigenvalue weighted by atomic mass is 10.3. The van der Waals surface area contributed by atoms with Gasteiger partial charge < -0.3 is 5.32 Å². The molecular formula is C10H14F3N3S. The number of aromatic nitrogens is 2. The number of anilines is 1. The lowest BCUT2D eigenvalue weighted by Crippen LogP contribution is -2.13. The van der Waals surface area contributed by atoms with E-state index in [1.54, 1.807) is 0 Å². The zero-order valence-electron chi connectivity index (χ0n) is 10.0. The van der Waals surface area contributed by atoms with Gasteiger partial charge in [0.25, 0.3) is 0 Å². The summed E-state index contributed by atoms with van der Waals surface area (Å²) in [5.41, 5.74) is -0.927. The second kappa shape index (κ2) is 4.72. The molecule has 0 fully saturated rings. The molecule has 0 aliphatic heterocycles. The first-order valence-corrected chi connectivity index (χ1v) is 5.76. The minimum absolute atomic E-state index is 0.0217. The van der Waals surface area contributed by atoms with Gasteiger partial charge in [-0.1, -0.05) is 20.8 Å². The molecule has 1 rings (SSSR count). The molecule has 1 aromatic rings. The summed E-state index contributed by atoms with van der Waals surface area (Å²) in [6, 6.07) is 0.969. The molecule has 17 heavy (non-hydrogen) atoms. The maximum absolute atomic E-state index is 12.6. The minimum Gasteiger partial charge on any atom is -0.357 e. The van der Waals surface area contributed by atoms with Gasteiger partial charge in [0.05, 0.1) is 0 Å². The predicted octanol–water partition coefficient (Wildman–Crippen LogP) is 3.43. The molecule has 0 spiro atoms. The van der Waals surface area contributed by atoms with Crippen LogP contribution in [0, 0.1) is 0 Å². The number of halogens is 3. The quantitative estimate of drug-likeness (QED) is 0.656. The van der Waals surface area contributed by atoms with Crippen molar-refractivity contribution >= 4 is 17.7 Å². The number of hydrogen-bond acceptors (Lipinski definition) is 4. The van der Waals surface area contributed by atoms with Gasteiger partial charge in [0.15, 0.2) is 5.69 Å². The number of nitrogens with one attached hydrogen (secondary N) is 1. The average molecular weight is 265 g/mol. The lowest BCUT2D eigenvalue weighted by Gasteiger charge is -2.18. The van der Waals surface area contributed by atoms with Crippen LogP contribution in [-0.2, 0) is 6.18 Å². The Morgan fingerprint density at radius 1 is 1.18 bits per heavy atom. The van der Waals surface area contributed by atoms with Crippen LogP contribution in [0.3, 0.4) is 0 Å². The Labute approximate surface area is 102 Å². The van der Waals surface area contributed by atoms with E-state index in [2.05, 4.69) is 15.3 Å². The third kappa shape index (κ3) is 4.41. The van der Waals surface area contributed by atoms with Crippen molar-refractivity contribution in [2.24, 2.45) is 0 Å². The maximum Gasteiger partial charge on any atom is 0.433 e. The molecular weight excluding hydrogens is 251 g/mol. The van der Waals surface area contributed by atoms with Crippen molar-refractivity contribution in [1.29, 1.82) is 0 Å². The molecule has 0 atom stereocenters. The van der Waals surface area contributed by atoms with E-state index >= 15 is 0 Å². The van der Waals surface area contributed by atoms with Crippen LogP contribution in [0.2, 0.25) is 0 Å². The first kappa shape index (κ1) is 14.1. The van der Waals surface area contributed by atoms with Crippen LogP contribution in [0.5, 0.6) is 0 Å². The summed E-state index contributed by atoms with van der Waals surface area (Å²) >= 11 is 1.27. The van der Waals surface area contributed by atoms with Crippen molar-refractivity contribution < 1.29 is 13.2 Å². The summed E-state index contributed by atoms with van der Waals surface area (Å²) in [5, 5.41) is 2.84. The Balaban J connectivity index is 3.15. The molecule has 7 heteroatoms. The maximum atomic E-state index is 12.6. The molecule has 0 aliphatic carbocycles. The van der Waals surface area contributed by atoms with E-state index < -0.39 is 11.9 Å². The van der Waals surface area contributed by atoms with E-state index in [4.69, 9.17) is 0 Å². The van der Waals surface area contributed by atoms with Gasteiger partial charge in [-0.15, -0.1) is 11.8 Å². The van der Waals surface area contributed by atoms with Crippen molar-refractivity contribution in [3.8, 4) is 0 Å². The fourth-order valence-electron chi connectivity index (χ4n) is 1.05. The normalized spacial score (nSPS) is 12.6. The third-order valence-corrected chi connectivity index (χ3v) is 2.66. The third-order valence-electron chi connectivity index (χ3n) is 1.63. The van der Waals surface area contributed by atoms with Crippen molar-refractivity contribution in [3.05, 3.63) is 11.8 Å². The number of rotatable bonds is 2. The van der Waals surface area contributed by atoms with Gasteiger partial charge >= 0.3 is 6.18 Å². The summed E-state index contributed by atoms with van der Waals surface area (Å²) in [7, 11) is 1.49. The summed E-state index contributed by atoms with van der Waals surface area (Å²) in [4.78, 5) is 7.38. The van der Waals surface area contributed by atoms with Gasteiger partial charge in [0.1, 0.15) is 5.03 Å². The molecule has 0 saturated carbocycles. The molecule has 1 heterocycles. The molecule has 96 valence electrons. The van der Waals surface area contributed by atoms with Crippen molar-refractivity contribution in [2.75, 3.05) is 12.4 Å². The standard InChI is InChI=1S/C10H14F3N3S/c1-9(2,3)17-7-5-6(10(11,12)13)15-8(14-4)16-7/h5H,1-4H3,(H,14,15,16). The summed E-state index contributed by atoms with van der Waals surface area (Å²) in [6.45, 7) is 5.73. The molecule has 0 bridgehead atoms. The molecule has 1 aromatic heterocycles. The van der Waals surface area contributed by atoms with Gasteiger partial charge in [0, 0.05) is 17.9 Å². The summed E-state index contributed by atoms with van der Waals surface area (Å²) in [6.07, 6.45) is -4.46. The summed E-state index contributed by atoms with van der Waals surface area (Å²) < 4.78 is 37.6. The molecule has 0 radical (unpaired) electrons. The van der Waals surface area contributed by atoms with Gasteiger partial charge in [-0.3, -0.25) is 0 Å². The van der Waals surface area contributed by atoms with Crippen molar-refractivity contribution in [2.45, 2.75) is 36.7 Å². The van der Waals surface area contributed by atoms with Crippen LogP contribution < -0.4 is 5.32 Å². The van der Waals surface area contributed by atoms with E-state index in [0.717, 1.165) is 6.07 Å². The zero-order valence-corrected chi connectivity index (χ0v) is 10.8. The fourth-order valence-corrected chi connectivity index (χ4v) is 1.98. The molecule has 0 aromatic carbocycles. The topological polar surface area (TPSA) is 37.8 Å². The highest BCUT2D eigenvalue weighted by Gasteiger charge is 2.34. The van der Waals surface area contributed by atoms with Crippen LogP contribution in [0.4, 0.5) is 19.1 Å². The molecule has 0 aliphatic rings. The molecule has 3 nitrogen and oxygen atoms in total. The zero-order chi connectivity index (χ0) is 13.3. The highest BCUT2D eigenvalue weighted by Crippen LogP contribution is 2.35. The highest BCUT2D eigenvalue weighted by molar-refractivity contribution is 8.00. The van der Waals surface area contributed by atoms with E-state index in [9.17, 15) is 13.2 Å². The monoisotopic (exact) mass is 265 g/mol. The van der Waals surface area contributed by atoms with Crippen LogP contribution in [0.15, 0.2) is 11.1 Å². The Morgan fingerprint density at radius 2 is 1.76 bits per heavy atom. The number of nitrogens with zero attached hydrogens (tertiary/aromatic N) is 2. The van der Waals surface area contributed by atoms with Crippen molar-refractivity contribution in [1.82, 2.24) is 9.97 Å². The van der Waals surface area contributed by atoms with Gasteiger partial charge in [-0.25, -0.2) is 9.97 Å². The first-order chi connectivity index (χ1) is 7.62. The predicted molar refractivity (Wildman–Crippen MR) is 62.2 cm³/mol. The highest BCUT2D eigenvalue weighted by atomic mass is 32.2. The Kier molecular flexibility index (Phi) is 3.91. The Morgan fingerprint density at radius 3 is 2.18 bits per heavy atom. The van der Waals surface area contributed by atoms with E-state index in [1.165, 1.54) is 18.8 Å². The van der Waals surface area contributed by atoms with Crippen molar-refractivity contribution in [3.63, 3.8) is 0 Å². The van der Waals surface area contributed by atoms with Crippen LogP contribution in [0.1, 0.15) is 26.5 Å². The Bertz CT molecular complexity index is 399. The van der Waals surface area contributed by atoms with E-state index in [-0.39, 0.29) is 10.7 Å². The number of alkyl halides is 3. The van der Waals surface area contributed by atoms with Crippen LogP contribution in [0.25, 0.3) is 0 Å². The second-order valence-corrected chi connectivity index (χ2v) is 6.22. The first-order valence-electron chi connectivity index (χ1n) is 4.95. The second-order valence-electron chi connectivity index (χ2n) is 4.38. The SMILES string of the molecule is CNc1nc(SC(C)(C)C)cc(C(F)(F)F)n1. The molecule has 0 saturated heterocycles. The van der Waals surface area contributed by atoms with Gasteiger partial charge in [0.2, 0.25) is 5.95 Å². The Hall–Kier alpha value is -0.980. The van der Waals surface area contributed by atoms with E-state index in [1.807, 2.05) is 20.8 Å². The largest absolute Gasteiger partial charge is 0.433 e. The average Bonchev–Trinajstić information content (AvgIpc) is 2.13. The smallest absolute Gasteiger partial charge is 0.357 e. The van der Waals surface area contributed by atoms with E-state index in [0.29, 0.717) is 5.03 Å². The van der Waals surface area contributed by atoms with Crippen LogP contribution in [-0.4, -0.2) is 21.8 Å². The number of thioether (sulfide) groups is 1. The minimum atomic E-state index is -4.46. The molecule has 0 amide bonds. The number of hydrogen-bond donors (Lipinski definition) is 1. The lowest BCUT2D eigenvalue weighted by molar-refractivity contribution is -0.141. The van der Waals surface area contributed by atoms with Gasteiger partial charge in [-0.05, 0) is 0 Å².